The number of phenolic OH excluding ortho intramolecular Hbond substituents is 1. The minimum Gasteiger partial charge on any atom is -0.506 e. The average molecular weight is 299 g/mol. The largest absolute Gasteiger partial charge is 0.506 e. The van der Waals surface area contributed by atoms with Crippen molar-refractivity contribution in [2.45, 2.75) is 13.1 Å². The van der Waals surface area contributed by atoms with E-state index in [2.05, 4.69) is 10.6 Å². The molecule has 22 heavy (non-hydrogen) atoms. The molecule has 0 radical (unpaired) electrons. The molecule has 0 saturated heterocycles. The van der Waals surface area contributed by atoms with Gasteiger partial charge in [-0.15, -0.1) is 0 Å². The molecule has 6 nitrogen and oxygen atoms in total. The fourth-order valence-corrected chi connectivity index (χ4v) is 1.89. The molecular formula is C16H17N3O3. The Hall–Kier alpha value is -2.86. The molecule has 0 fully saturated rings. The SMILES string of the molecule is NCc1cccc(CNC(=O)C(=O)Nc2ccccc2O)c1. The lowest BCUT2D eigenvalue weighted by molar-refractivity contribution is -0.136. The lowest BCUT2D eigenvalue weighted by atomic mass is 10.1. The highest BCUT2D eigenvalue weighted by Crippen LogP contribution is 2.21. The van der Waals surface area contributed by atoms with Gasteiger partial charge in [0.1, 0.15) is 5.75 Å². The molecule has 0 aromatic heterocycles. The zero-order chi connectivity index (χ0) is 15.9. The molecular weight excluding hydrogens is 282 g/mol. The van der Waals surface area contributed by atoms with E-state index in [1.165, 1.54) is 12.1 Å². The van der Waals surface area contributed by atoms with Gasteiger partial charge in [0.15, 0.2) is 0 Å². The van der Waals surface area contributed by atoms with Gasteiger partial charge < -0.3 is 21.5 Å². The molecule has 0 unspecified atom stereocenters. The third kappa shape index (κ3) is 4.07. The van der Waals surface area contributed by atoms with Crippen LogP contribution in [-0.4, -0.2) is 16.9 Å². The van der Waals surface area contributed by atoms with Crippen molar-refractivity contribution < 1.29 is 14.7 Å². The quantitative estimate of drug-likeness (QED) is 0.501. The summed E-state index contributed by atoms with van der Waals surface area (Å²) in [6.45, 7) is 0.635. The van der Waals surface area contributed by atoms with Gasteiger partial charge in [0, 0.05) is 13.1 Å². The summed E-state index contributed by atoms with van der Waals surface area (Å²) < 4.78 is 0. The predicted octanol–water partition coefficient (Wildman–Crippen LogP) is 1.11. The van der Waals surface area contributed by atoms with Gasteiger partial charge in [-0.05, 0) is 23.3 Å². The maximum atomic E-state index is 11.8. The van der Waals surface area contributed by atoms with E-state index >= 15 is 0 Å². The second kappa shape index (κ2) is 7.24. The summed E-state index contributed by atoms with van der Waals surface area (Å²) in [6.07, 6.45) is 0. The number of hydrogen-bond donors (Lipinski definition) is 4. The van der Waals surface area contributed by atoms with E-state index in [0.717, 1.165) is 11.1 Å². The number of carbonyl (C=O) groups excluding carboxylic acids is 2. The van der Waals surface area contributed by atoms with E-state index in [0.29, 0.717) is 6.54 Å². The number of aromatic hydroxyl groups is 1. The lowest BCUT2D eigenvalue weighted by Crippen LogP contribution is -2.35. The Morgan fingerprint density at radius 2 is 1.73 bits per heavy atom. The van der Waals surface area contributed by atoms with E-state index in [1.807, 2.05) is 24.3 Å². The first-order chi connectivity index (χ1) is 10.6. The zero-order valence-electron chi connectivity index (χ0n) is 11.9. The number of hydrogen-bond acceptors (Lipinski definition) is 4. The van der Waals surface area contributed by atoms with Crippen LogP contribution in [0.1, 0.15) is 11.1 Å². The molecule has 0 atom stereocenters. The highest BCUT2D eigenvalue weighted by Gasteiger charge is 2.14. The molecule has 0 aliphatic rings. The molecule has 0 aliphatic heterocycles. The highest BCUT2D eigenvalue weighted by atomic mass is 16.3. The molecule has 0 heterocycles. The van der Waals surface area contributed by atoms with Gasteiger partial charge in [-0.2, -0.15) is 0 Å². The predicted molar refractivity (Wildman–Crippen MR) is 82.9 cm³/mol. The molecule has 5 N–H and O–H groups in total. The van der Waals surface area contributed by atoms with Gasteiger partial charge in [-0.25, -0.2) is 0 Å². The highest BCUT2D eigenvalue weighted by molar-refractivity contribution is 6.39. The summed E-state index contributed by atoms with van der Waals surface area (Å²) in [4.78, 5) is 23.5. The first-order valence-corrected chi connectivity index (χ1v) is 6.75. The van der Waals surface area contributed by atoms with Crippen LogP contribution in [0.5, 0.6) is 5.75 Å². The third-order valence-corrected chi connectivity index (χ3v) is 3.04. The van der Waals surface area contributed by atoms with Crippen LogP contribution in [0.4, 0.5) is 5.69 Å². The number of nitrogens with one attached hydrogen (secondary N) is 2. The van der Waals surface area contributed by atoms with Crippen LogP contribution in [0.3, 0.4) is 0 Å². The van der Waals surface area contributed by atoms with Crippen molar-refractivity contribution in [3.05, 3.63) is 59.7 Å². The maximum Gasteiger partial charge on any atom is 0.313 e. The third-order valence-electron chi connectivity index (χ3n) is 3.04. The number of phenols is 1. The van der Waals surface area contributed by atoms with Crippen LogP contribution < -0.4 is 16.4 Å². The van der Waals surface area contributed by atoms with Crippen LogP contribution in [0.25, 0.3) is 0 Å². The topological polar surface area (TPSA) is 104 Å². The molecule has 2 aromatic carbocycles. The van der Waals surface area contributed by atoms with Crippen molar-refractivity contribution in [3.63, 3.8) is 0 Å². The molecule has 0 spiro atoms. The molecule has 2 amide bonds. The molecule has 0 bridgehead atoms. The number of nitrogens with two attached hydrogens (primary N) is 1. The number of amides is 2. The standard InChI is InChI=1S/C16H17N3O3/c17-9-11-4-3-5-12(8-11)10-18-15(21)16(22)19-13-6-1-2-7-14(13)20/h1-8,20H,9-10,17H2,(H,18,21)(H,19,22). The molecule has 2 rings (SSSR count). The summed E-state index contributed by atoms with van der Waals surface area (Å²) in [5, 5.41) is 14.4. The monoisotopic (exact) mass is 299 g/mol. The van der Waals surface area contributed by atoms with Gasteiger partial charge in [0.25, 0.3) is 0 Å². The van der Waals surface area contributed by atoms with Crippen molar-refractivity contribution in [2.75, 3.05) is 5.32 Å². The van der Waals surface area contributed by atoms with E-state index in [9.17, 15) is 14.7 Å². The van der Waals surface area contributed by atoms with Crippen molar-refractivity contribution in [2.24, 2.45) is 5.73 Å². The fraction of sp³-hybridized carbons (Fsp3) is 0.125. The van der Waals surface area contributed by atoms with E-state index in [1.54, 1.807) is 12.1 Å². The minimum atomic E-state index is -0.837. The number of carbonyl (C=O) groups is 2. The summed E-state index contributed by atoms with van der Waals surface area (Å²) >= 11 is 0. The lowest BCUT2D eigenvalue weighted by Gasteiger charge is -2.08. The number of rotatable bonds is 4. The number of para-hydroxylation sites is 2. The first kappa shape index (κ1) is 15.5. The molecule has 0 saturated carbocycles. The average Bonchev–Trinajstić information content (AvgIpc) is 2.54. The van der Waals surface area contributed by atoms with Gasteiger partial charge in [0.05, 0.1) is 5.69 Å². The second-order valence-electron chi connectivity index (χ2n) is 4.68. The van der Waals surface area contributed by atoms with Crippen LogP contribution in [0.15, 0.2) is 48.5 Å². The molecule has 2 aromatic rings. The van der Waals surface area contributed by atoms with Gasteiger partial charge in [0.2, 0.25) is 0 Å². The maximum absolute atomic E-state index is 11.8. The normalized spacial score (nSPS) is 10.0. The Labute approximate surface area is 128 Å². The van der Waals surface area contributed by atoms with Gasteiger partial charge in [-0.3, -0.25) is 9.59 Å². The smallest absolute Gasteiger partial charge is 0.313 e. The van der Waals surface area contributed by atoms with Crippen LogP contribution in [0.2, 0.25) is 0 Å². The van der Waals surface area contributed by atoms with E-state index in [-0.39, 0.29) is 18.0 Å². The zero-order valence-corrected chi connectivity index (χ0v) is 11.9. The Morgan fingerprint density at radius 1 is 1.00 bits per heavy atom. The molecule has 0 aliphatic carbocycles. The van der Waals surface area contributed by atoms with Crippen LogP contribution >= 0.6 is 0 Å². The molecule has 114 valence electrons. The number of anilines is 1. The summed E-state index contributed by atoms with van der Waals surface area (Å²) in [5.41, 5.74) is 7.54. The van der Waals surface area contributed by atoms with Crippen molar-refractivity contribution in [1.29, 1.82) is 0 Å². The Kier molecular flexibility index (Phi) is 5.11. The van der Waals surface area contributed by atoms with Crippen molar-refractivity contribution in [3.8, 4) is 5.75 Å². The van der Waals surface area contributed by atoms with Crippen molar-refractivity contribution >= 4 is 17.5 Å². The molecule has 6 heteroatoms. The van der Waals surface area contributed by atoms with E-state index < -0.39 is 11.8 Å². The second-order valence-corrected chi connectivity index (χ2v) is 4.68. The van der Waals surface area contributed by atoms with Crippen LogP contribution in [-0.2, 0) is 22.7 Å². The Morgan fingerprint density at radius 3 is 2.45 bits per heavy atom. The van der Waals surface area contributed by atoms with E-state index in [4.69, 9.17) is 5.73 Å². The van der Waals surface area contributed by atoms with Crippen molar-refractivity contribution in [1.82, 2.24) is 5.32 Å². The Balaban J connectivity index is 1.91. The van der Waals surface area contributed by atoms with Crippen LogP contribution in [0, 0.1) is 0 Å². The Bertz CT molecular complexity index is 686. The minimum absolute atomic E-state index is 0.0979. The summed E-state index contributed by atoms with van der Waals surface area (Å²) in [6, 6.07) is 13.6. The fourth-order valence-electron chi connectivity index (χ4n) is 1.89. The first-order valence-electron chi connectivity index (χ1n) is 6.75. The van der Waals surface area contributed by atoms with Gasteiger partial charge >= 0.3 is 11.8 Å². The van der Waals surface area contributed by atoms with Gasteiger partial charge in [-0.1, -0.05) is 36.4 Å². The summed E-state index contributed by atoms with van der Waals surface area (Å²) in [7, 11) is 0. The summed E-state index contributed by atoms with van der Waals surface area (Å²) in [5.74, 6) is -1.71. The number of benzene rings is 2.